The number of ether oxygens (including phenoxy) is 2. The zero-order chi connectivity index (χ0) is 16.0. The summed E-state index contributed by atoms with van der Waals surface area (Å²) in [4.78, 5) is 14.9. The van der Waals surface area contributed by atoms with E-state index in [0.717, 1.165) is 36.4 Å². The molecule has 0 aliphatic carbocycles. The van der Waals surface area contributed by atoms with Gasteiger partial charge in [0.2, 0.25) is 6.79 Å². The molecule has 2 aliphatic rings. The normalized spacial score (nSPS) is 19.4. The average Bonchev–Trinajstić information content (AvgIpc) is 3.26. The Morgan fingerprint density at radius 3 is 2.87 bits per heavy atom. The van der Waals surface area contributed by atoms with Gasteiger partial charge in [0.25, 0.3) is 5.91 Å². The lowest BCUT2D eigenvalue weighted by Crippen LogP contribution is -2.31. The van der Waals surface area contributed by atoms with Crippen molar-refractivity contribution in [2.24, 2.45) is 0 Å². The van der Waals surface area contributed by atoms with E-state index in [0.29, 0.717) is 17.1 Å². The number of fused-ring (bicyclic) bond motifs is 1. The first kappa shape index (κ1) is 14.1. The van der Waals surface area contributed by atoms with Crippen LogP contribution in [0.3, 0.4) is 0 Å². The summed E-state index contributed by atoms with van der Waals surface area (Å²) in [6.07, 6.45) is 1.91. The van der Waals surface area contributed by atoms with Gasteiger partial charge in [-0.2, -0.15) is 0 Å². The van der Waals surface area contributed by atoms with Gasteiger partial charge < -0.3 is 18.9 Å². The van der Waals surface area contributed by atoms with Gasteiger partial charge in [0.05, 0.1) is 11.7 Å². The van der Waals surface area contributed by atoms with Crippen LogP contribution in [0.4, 0.5) is 0 Å². The molecule has 2 aliphatic heterocycles. The third kappa shape index (κ3) is 2.25. The largest absolute Gasteiger partial charge is 0.454 e. The van der Waals surface area contributed by atoms with Gasteiger partial charge in [-0.05, 0) is 44.9 Å². The topological polar surface area (TPSA) is 64.8 Å². The Morgan fingerprint density at radius 1 is 1.26 bits per heavy atom. The molecule has 1 aromatic heterocycles. The van der Waals surface area contributed by atoms with E-state index in [1.54, 1.807) is 18.2 Å². The number of hydrogen-bond acceptors (Lipinski definition) is 5. The van der Waals surface area contributed by atoms with E-state index in [1.165, 1.54) is 0 Å². The van der Waals surface area contributed by atoms with E-state index in [-0.39, 0.29) is 18.7 Å². The Labute approximate surface area is 134 Å². The van der Waals surface area contributed by atoms with Gasteiger partial charge in [-0.15, -0.1) is 0 Å². The second kappa shape index (κ2) is 5.30. The quantitative estimate of drug-likeness (QED) is 0.852. The molecular formula is C17H18N2O4. The number of aromatic nitrogens is 1. The third-order valence-electron chi connectivity index (χ3n) is 4.55. The number of nitrogens with zero attached hydrogens (tertiary/aromatic N) is 2. The summed E-state index contributed by atoms with van der Waals surface area (Å²) in [5, 5.41) is 4.03. The molecule has 0 radical (unpaired) electrons. The molecule has 4 rings (SSSR count). The molecule has 1 saturated heterocycles. The highest BCUT2D eigenvalue weighted by atomic mass is 16.7. The summed E-state index contributed by atoms with van der Waals surface area (Å²) in [7, 11) is 0. The van der Waals surface area contributed by atoms with Crippen LogP contribution in [0.5, 0.6) is 11.5 Å². The molecule has 0 N–H and O–H groups in total. The van der Waals surface area contributed by atoms with Crippen LogP contribution in [-0.2, 0) is 0 Å². The van der Waals surface area contributed by atoms with Crippen LogP contribution in [0, 0.1) is 13.8 Å². The molecule has 0 spiro atoms. The van der Waals surface area contributed by atoms with E-state index >= 15 is 0 Å². The van der Waals surface area contributed by atoms with Crippen LogP contribution >= 0.6 is 0 Å². The minimum absolute atomic E-state index is 0.00537. The van der Waals surface area contributed by atoms with Gasteiger partial charge in [0.1, 0.15) is 5.76 Å². The number of benzene rings is 1. The van der Waals surface area contributed by atoms with E-state index < -0.39 is 0 Å². The van der Waals surface area contributed by atoms with E-state index in [9.17, 15) is 4.79 Å². The highest BCUT2D eigenvalue weighted by Crippen LogP contribution is 2.38. The van der Waals surface area contributed by atoms with E-state index in [1.807, 2.05) is 18.7 Å². The standard InChI is InChI=1S/C17H18N2O4/c1-10-16(11(2)23-18-10)13-4-3-7-19(13)17(20)12-5-6-14-15(8-12)22-9-21-14/h5-6,8,13H,3-4,7,9H2,1-2H3. The van der Waals surface area contributed by atoms with Crippen molar-refractivity contribution in [3.05, 3.63) is 40.8 Å². The van der Waals surface area contributed by atoms with Gasteiger partial charge in [-0.25, -0.2) is 0 Å². The monoisotopic (exact) mass is 314 g/mol. The maximum atomic E-state index is 13.0. The third-order valence-corrected chi connectivity index (χ3v) is 4.55. The Hall–Kier alpha value is -2.50. The number of likely N-dealkylation sites (tertiary alicyclic amines) is 1. The number of rotatable bonds is 2. The smallest absolute Gasteiger partial charge is 0.254 e. The maximum absolute atomic E-state index is 13.0. The first-order valence-corrected chi connectivity index (χ1v) is 7.78. The molecule has 23 heavy (non-hydrogen) atoms. The van der Waals surface area contributed by atoms with Crippen LogP contribution in [0.15, 0.2) is 22.7 Å². The summed E-state index contributed by atoms with van der Waals surface area (Å²) in [6, 6.07) is 5.36. The van der Waals surface area contributed by atoms with Crippen LogP contribution in [0.1, 0.15) is 46.3 Å². The first-order valence-electron chi connectivity index (χ1n) is 7.78. The van der Waals surface area contributed by atoms with E-state index in [2.05, 4.69) is 5.16 Å². The fraction of sp³-hybridized carbons (Fsp3) is 0.412. The number of aryl methyl sites for hydroxylation is 2. The fourth-order valence-electron chi connectivity index (χ4n) is 3.47. The van der Waals surface area contributed by atoms with Gasteiger partial charge in [0, 0.05) is 17.7 Å². The molecule has 6 nitrogen and oxygen atoms in total. The number of carbonyl (C=O) groups excluding carboxylic acids is 1. The Bertz CT molecular complexity index is 748. The molecule has 1 aromatic carbocycles. The molecule has 1 atom stereocenters. The minimum Gasteiger partial charge on any atom is -0.454 e. The molecule has 3 heterocycles. The predicted molar refractivity (Wildman–Crippen MR) is 81.6 cm³/mol. The SMILES string of the molecule is Cc1noc(C)c1C1CCCN1C(=O)c1ccc2c(c1)OCO2. The van der Waals surface area contributed by atoms with Crippen LogP contribution in [0.2, 0.25) is 0 Å². The lowest BCUT2D eigenvalue weighted by molar-refractivity contribution is 0.0734. The second-order valence-electron chi connectivity index (χ2n) is 5.96. The van der Waals surface area contributed by atoms with Crippen molar-refractivity contribution in [1.82, 2.24) is 10.1 Å². The van der Waals surface area contributed by atoms with Gasteiger partial charge in [-0.3, -0.25) is 4.79 Å². The second-order valence-corrected chi connectivity index (χ2v) is 5.96. The molecule has 0 bridgehead atoms. The molecule has 0 saturated carbocycles. The average molecular weight is 314 g/mol. The molecule has 1 unspecified atom stereocenters. The summed E-state index contributed by atoms with van der Waals surface area (Å²) in [6.45, 7) is 4.77. The van der Waals surface area contributed by atoms with Crippen LogP contribution in [-0.4, -0.2) is 29.3 Å². The van der Waals surface area contributed by atoms with Crippen molar-refractivity contribution in [3.8, 4) is 11.5 Å². The maximum Gasteiger partial charge on any atom is 0.254 e. The van der Waals surface area contributed by atoms with Crippen molar-refractivity contribution < 1.29 is 18.8 Å². The van der Waals surface area contributed by atoms with Crippen molar-refractivity contribution in [2.75, 3.05) is 13.3 Å². The molecule has 1 fully saturated rings. The Morgan fingerprint density at radius 2 is 2.09 bits per heavy atom. The molecule has 6 heteroatoms. The van der Waals surface area contributed by atoms with Gasteiger partial charge in [-0.1, -0.05) is 5.16 Å². The summed E-state index contributed by atoms with van der Waals surface area (Å²) < 4.78 is 16.0. The molecule has 120 valence electrons. The zero-order valence-corrected chi connectivity index (χ0v) is 13.2. The van der Waals surface area contributed by atoms with Crippen molar-refractivity contribution >= 4 is 5.91 Å². The molecule has 2 aromatic rings. The lowest BCUT2D eigenvalue weighted by atomic mass is 10.0. The highest BCUT2D eigenvalue weighted by Gasteiger charge is 2.34. The molecular weight excluding hydrogens is 296 g/mol. The Balaban J connectivity index is 1.65. The van der Waals surface area contributed by atoms with Crippen molar-refractivity contribution in [3.63, 3.8) is 0 Å². The van der Waals surface area contributed by atoms with Crippen molar-refractivity contribution in [2.45, 2.75) is 32.7 Å². The van der Waals surface area contributed by atoms with Gasteiger partial charge in [0.15, 0.2) is 11.5 Å². The summed E-state index contributed by atoms with van der Waals surface area (Å²) >= 11 is 0. The number of amides is 1. The number of hydrogen-bond donors (Lipinski definition) is 0. The van der Waals surface area contributed by atoms with Gasteiger partial charge >= 0.3 is 0 Å². The fourth-order valence-corrected chi connectivity index (χ4v) is 3.47. The predicted octanol–water partition coefficient (Wildman–Crippen LogP) is 3.00. The number of carbonyl (C=O) groups is 1. The Kier molecular flexibility index (Phi) is 3.25. The zero-order valence-electron chi connectivity index (χ0n) is 13.2. The molecule has 1 amide bonds. The minimum atomic E-state index is 0.00537. The summed E-state index contributed by atoms with van der Waals surface area (Å²) in [5.74, 6) is 2.11. The highest BCUT2D eigenvalue weighted by molar-refractivity contribution is 5.95. The summed E-state index contributed by atoms with van der Waals surface area (Å²) in [5.41, 5.74) is 2.52. The van der Waals surface area contributed by atoms with Crippen LogP contribution in [0.25, 0.3) is 0 Å². The lowest BCUT2D eigenvalue weighted by Gasteiger charge is -2.25. The van der Waals surface area contributed by atoms with E-state index in [4.69, 9.17) is 14.0 Å². The van der Waals surface area contributed by atoms with Crippen molar-refractivity contribution in [1.29, 1.82) is 0 Å². The van der Waals surface area contributed by atoms with Crippen LogP contribution < -0.4 is 9.47 Å². The first-order chi connectivity index (χ1) is 11.1.